The van der Waals surface area contributed by atoms with E-state index in [1.807, 2.05) is 6.92 Å². The first kappa shape index (κ1) is 14.5. The summed E-state index contributed by atoms with van der Waals surface area (Å²) < 4.78 is 37.3. The van der Waals surface area contributed by atoms with Crippen LogP contribution in [0.5, 0.6) is 0 Å². The van der Waals surface area contributed by atoms with E-state index in [9.17, 15) is 18.0 Å². The molecule has 0 fully saturated rings. The lowest BCUT2D eigenvalue weighted by molar-refractivity contribution is -0.142. The third kappa shape index (κ3) is 4.77. The Labute approximate surface area is 104 Å². The van der Waals surface area contributed by atoms with Gasteiger partial charge in [-0.1, -0.05) is 31.2 Å². The van der Waals surface area contributed by atoms with Gasteiger partial charge in [0.1, 0.15) is 0 Å². The van der Waals surface area contributed by atoms with Crippen LogP contribution in [0.25, 0.3) is 0 Å². The van der Waals surface area contributed by atoms with Gasteiger partial charge < -0.3 is 5.32 Å². The Bertz CT molecular complexity index is 398. The summed E-state index contributed by atoms with van der Waals surface area (Å²) in [6.07, 6.45) is -4.54. The molecular weight excluding hydrogens is 243 g/mol. The normalized spacial score (nSPS) is 13.2. The van der Waals surface area contributed by atoms with Crippen LogP contribution in [0, 0.1) is 0 Å². The van der Waals surface area contributed by atoms with Gasteiger partial charge in [0, 0.05) is 6.92 Å². The molecular formula is C13H16F3NO. The number of carbonyl (C=O) groups excluding carboxylic acids is 1. The van der Waals surface area contributed by atoms with Crippen LogP contribution < -0.4 is 5.32 Å². The number of rotatable bonds is 4. The van der Waals surface area contributed by atoms with Crippen LogP contribution in [0.15, 0.2) is 24.3 Å². The van der Waals surface area contributed by atoms with Gasteiger partial charge >= 0.3 is 6.18 Å². The number of alkyl halides is 3. The lowest BCUT2D eigenvalue weighted by Crippen LogP contribution is -2.30. The van der Waals surface area contributed by atoms with Crippen molar-refractivity contribution in [2.24, 2.45) is 0 Å². The summed E-state index contributed by atoms with van der Waals surface area (Å²) in [5, 5.41) is 2.33. The van der Waals surface area contributed by atoms with Crippen LogP contribution in [-0.2, 0) is 11.2 Å². The van der Waals surface area contributed by atoms with E-state index in [4.69, 9.17) is 0 Å². The minimum atomic E-state index is -4.31. The molecule has 5 heteroatoms. The second-order valence-corrected chi connectivity index (χ2v) is 4.17. The molecule has 1 rings (SSSR count). The Hall–Kier alpha value is -1.52. The fourth-order valence-corrected chi connectivity index (χ4v) is 1.71. The molecule has 2 nitrogen and oxygen atoms in total. The number of hydrogen-bond acceptors (Lipinski definition) is 1. The molecule has 0 aliphatic rings. The zero-order valence-electron chi connectivity index (χ0n) is 10.3. The molecule has 0 aliphatic heterocycles. The van der Waals surface area contributed by atoms with Gasteiger partial charge in [-0.2, -0.15) is 13.2 Å². The summed E-state index contributed by atoms with van der Waals surface area (Å²) in [6.45, 7) is 3.18. The molecule has 0 aromatic heterocycles. The van der Waals surface area contributed by atoms with Gasteiger partial charge in [-0.3, -0.25) is 4.79 Å². The lowest BCUT2D eigenvalue weighted by Gasteiger charge is -2.20. The Morgan fingerprint density at radius 2 is 1.83 bits per heavy atom. The summed E-state index contributed by atoms with van der Waals surface area (Å²) in [4.78, 5) is 11.0. The van der Waals surface area contributed by atoms with Crippen molar-refractivity contribution >= 4 is 5.91 Å². The highest BCUT2D eigenvalue weighted by atomic mass is 19.4. The molecule has 1 aromatic carbocycles. The smallest absolute Gasteiger partial charge is 0.349 e. The lowest BCUT2D eigenvalue weighted by atomic mass is 10.0. The van der Waals surface area contributed by atoms with Gasteiger partial charge in [0.2, 0.25) is 5.91 Å². The second kappa shape index (κ2) is 5.89. The number of benzene rings is 1. The highest BCUT2D eigenvalue weighted by Gasteiger charge is 2.33. The first-order valence-electron chi connectivity index (χ1n) is 5.74. The Morgan fingerprint density at radius 1 is 1.28 bits per heavy atom. The van der Waals surface area contributed by atoms with Crippen LogP contribution >= 0.6 is 0 Å². The quantitative estimate of drug-likeness (QED) is 0.882. The summed E-state index contributed by atoms with van der Waals surface area (Å²) in [5.41, 5.74) is 1.52. The van der Waals surface area contributed by atoms with Crippen molar-refractivity contribution in [2.75, 3.05) is 0 Å². The average molecular weight is 259 g/mol. The largest absolute Gasteiger partial charge is 0.391 e. The molecule has 18 heavy (non-hydrogen) atoms. The number of aryl methyl sites for hydroxylation is 1. The average Bonchev–Trinajstić information content (AvgIpc) is 2.26. The second-order valence-electron chi connectivity index (χ2n) is 4.17. The maximum Gasteiger partial charge on any atom is 0.391 e. The molecule has 1 unspecified atom stereocenters. The van der Waals surface area contributed by atoms with Crippen LogP contribution in [0.4, 0.5) is 13.2 Å². The van der Waals surface area contributed by atoms with Crippen molar-refractivity contribution < 1.29 is 18.0 Å². The number of amides is 1. The van der Waals surface area contributed by atoms with Gasteiger partial charge in [0.15, 0.2) is 0 Å². The van der Waals surface area contributed by atoms with E-state index in [1.165, 1.54) is 6.92 Å². The van der Waals surface area contributed by atoms with Crippen LogP contribution in [0.2, 0.25) is 0 Å². The highest BCUT2D eigenvalue weighted by molar-refractivity contribution is 5.73. The van der Waals surface area contributed by atoms with Gasteiger partial charge in [0.05, 0.1) is 12.5 Å². The Morgan fingerprint density at radius 3 is 2.22 bits per heavy atom. The number of carbonyl (C=O) groups is 1. The van der Waals surface area contributed by atoms with E-state index in [0.717, 1.165) is 12.0 Å². The molecule has 1 aromatic rings. The fraction of sp³-hybridized carbons (Fsp3) is 0.462. The van der Waals surface area contributed by atoms with Crippen molar-refractivity contribution in [1.82, 2.24) is 5.32 Å². The van der Waals surface area contributed by atoms with E-state index >= 15 is 0 Å². The molecule has 1 N–H and O–H groups in total. The fourth-order valence-electron chi connectivity index (χ4n) is 1.71. The minimum absolute atomic E-state index is 0.469. The van der Waals surface area contributed by atoms with Crippen molar-refractivity contribution in [3.8, 4) is 0 Å². The van der Waals surface area contributed by atoms with E-state index in [1.54, 1.807) is 24.3 Å². The number of halogens is 3. The highest BCUT2D eigenvalue weighted by Crippen LogP contribution is 2.29. The third-order valence-corrected chi connectivity index (χ3v) is 2.60. The maximum absolute atomic E-state index is 12.4. The van der Waals surface area contributed by atoms with Crippen molar-refractivity contribution in [2.45, 2.75) is 38.9 Å². The summed E-state index contributed by atoms with van der Waals surface area (Å²) >= 11 is 0. The Balaban J connectivity index is 2.90. The zero-order chi connectivity index (χ0) is 13.8. The molecule has 0 aliphatic carbocycles. The molecule has 1 amide bonds. The zero-order valence-corrected chi connectivity index (χ0v) is 10.3. The van der Waals surface area contributed by atoms with Crippen molar-refractivity contribution in [3.05, 3.63) is 35.4 Å². The van der Waals surface area contributed by atoms with Crippen molar-refractivity contribution in [3.63, 3.8) is 0 Å². The van der Waals surface area contributed by atoms with Gasteiger partial charge in [-0.05, 0) is 17.5 Å². The van der Waals surface area contributed by atoms with Crippen LogP contribution in [0.1, 0.15) is 37.4 Å². The SMILES string of the molecule is CCc1ccc(C(CC(F)(F)F)NC(C)=O)cc1. The minimum Gasteiger partial charge on any atom is -0.349 e. The summed E-state index contributed by atoms with van der Waals surface area (Å²) in [5.74, 6) is -0.469. The van der Waals surface area contributed by atoms with Gasteiger partial charge in [0.25, 0.3) is 0 Å². The molecule has 0 radical (unpaired) electrons. The third-order valence-electron chi connectivity index (χ3n) is 2.60. The van der Waals surface area contributed by atoms with Gasteiger partial charge in [-0.25, -0.2) is 0 Å². The molecule has 100 valence electrons. The predicted octanol–water partition coefficient (Wildman–Crippen LogP) is 3.38. The van der Waals surface area contributed by atoms with Crippen LogP contribution in [0.3, 0.4) is 0 Å². The van der Waals surface area contributed by atoms with Crippen LogP contribution in [-0.4, -0.2) is 12.1 Å². The first-order chi connectivity index (χ1) is 8.31. The monoisotopic (exact) mass is 259 g/mol. The number of hydrogen-bond donors (Lipinski definition) is 1. The molecule has 0 heterocycles. The molecule has 1 atom stereocenters. The number of nitrogens with one attached hydrogen (secondary N) is 1. The Kier molecular flexibility index (Phi) is 4.76. The van der Waals surface area contributed by atoms with E-state index in [2.05, 4.69) is 5.32 Å². The van der Waals surface area contributed by atoms with E-state index < -0.39 is 24.5 Å². The van der Waals surface area contributed by atoms with E-state index in [0.29, 0.717) is 5.56 Å². The summed E-state index contributed by atoms with van der Waals surface area (Å²) in [6, 6.07) is 5.80. The van der Waals surface area contributed by atoms with Gasteiger partial charge in [-0.15, -0.1) is 0 Å². The first-order valence-corrected chi connectivity index (χ1v) is 5.74. The standard InChI is InChI=1S/C13H16F3NO/c1-3-10-4-6-11(7-5-10)12(17-9(2)18)8-13(14,15)16/h4-7,12H,3,8H2,1-2H3,(H,17,18). The van der Waals surface area contributed by atoms with E-state index in [-0.39, 0.29) is 0 Å². The molecule has 0 saturated heterocycles. The molecule has 0 bridgehead atoms. The summed E-state index contributed by atoms with van der Waals surface area (Å²) in [7, 11) is 0. The predicted molar refractivity (Wildman–Crippen MR) is 63.0 cm³/mol. The molecule has 0 spiro atoms. The van der Waals surface area contributed by atoms with Crippen molar-refractivity contribution in [1.29, 1.82) is 0 Å². The maximum atomic E-state index is 12.4. The topological polar surface area (TPSA) is 29.1 Å². The molecule has 0 saturated carbocycles.